The van der Waals surface area contributed by atoms with Gasteiger partial charge in [-0.2, -0.15) is 0 Å². The Balaban J connectivity index is 1.81. The fourth-order valence-electron chi connectivity index (χ4n) is 2.93. The van der Waals surface area contributed by atoms with Crippen LogP contribution in [0.5, 0.6) is 17.2 Å². The molecule has 0 unspecified atom stereocenters. The lowest BCUT2D eigenvalue weighted by Gasteiger charge is -2.37. The summed E-state index contributed by atoms with van der Waals surface area (Å²) in [7, 11) is 0. The third-order valence-corrected chi connectivity index (χ3v) is 4.57. The van der Waals surface area contributed by atoms with Gasteiger partial charge in [0.2, 0.25) is 6.29 Å². The number of aliphatic hydroxyl groups excluding tert-OH is 3. The molecule has 1 fully saturated rings. The molecular weight excluding hydrogens is 432 g/mol. The van der Waals surface area contributed by atoms with Gasteiger partial charge in [-0.1, -0.05) is 18.2 Å². The van der Waals surface area contributed by atoms with Crippen LogP contribution in [0.1, 0.15) is 20.7 Å². The van der Waals surface area contributed by atoms with Crippen molar-refractivity contribution < 1.29 is 59.2 Å². The van der Waals surface area contributed by atoms with Crippen LogP contribution in [0, 0.1) is 0 Å². The van der Waals surface area contributed by atoms with E-state index in [1.807, 2.05) is 0 Å². The van der Waals surface area contributed by atoms with E-state index in [4.69, 9.17) is 19.3 Å². The standard InChI is InChI=1S/C20H18O12/c21-9-5-3-6-10(22)12(9)19(29)30-11-7-2-1-4-8(11)18(28)32-20-15(25)13(23)14(24)16(31-20)17(26)27/h1-7,13-16,20-25H,(H,26,27)/t13-,14-,15+,16-,20-/m0/s1. The Bertz CT molecular complexity index is 1010. The van der Waals surface area contributed by atoms with E-state index in [-0.39, 0.29) is 11.3 Å². The maximum Gasteiger partial charge on any atom is 0.351 e. The van der Waals surface area contributed by atoms with Crippen molar-refractivity contribution in [2.24, 2.45) is 0 Å². The SMILES string of the molecule is O=C(O[C@@H]1O[C@H](C(=O)O)[C@@H](O)[C@H](O)[C@H]1O)c1ccccc1OC(=O)c1c(O)cccc1O. The highest BCUT2D eigenvalue weighted by atomic mass is 16.7. The molecule has 2 aromatic carbocycles. The summed E-state index contributed by atoms with van der Waals surface area (Å²) in [6, 6.07) is 8.71. The number of hydrogen-bond acceptors (Lipinski definition) is 11. The first-order valence-corrected chi connectivity index (χ1v) is 9.07. The molecule has 1 heterocycles. The van der Waals surface area contributed by atoms with E-state index in [0.29, 0.717) is 0 Å². The van der Waals surface area contributed by atoms with Gasteiger partial charge in [0.1, 0.15) is 46.7 Å². The predicted octanol–water partition coefficient (Wildman–Crippen LogP) is -0.634. The highest BCUT2D eigenvalue weighted by molar-refractivity contribution is 5.99. The van der Waals surface area contributed by atoms with Crippen molar-refractivity contribution >= 4 is 17.9 Å². The number of carboxylic acid groups (broad SMARTS) is 1. The summed E-state index contributed by atoms with van der Waals surface area (Å²) in [6.07, 6.45) is -9.88. The molecule has 5 atom stereocenters. The molecule has 0 bridgehead atoms. The summed E-state index contributed by atoms with van der Waals surface area (Å²) in [4.78, 5) is 36.2. The van der Waals surface area contributed by atoms with Crippen LogP contribution in [-0.2, 0) is 14.3 Å². The van der Waals surface area contributed by atoms with Gasteiger partial charge in [-0.15, -0.1) is 0 Å². The normalized spacial score (nSPS) is 25.0. The predicted molar refractivity (Wildman–Crippen MR) is 101 cm³/mol. The number of hydrogen-bond donors (Lipinski definition) is 6. The quantitative estimate of drug-likeness (QED) is 0.249. The second-order valence-corrected chi connectivity index (χ2v) is 6.70. The number of para-hydroxylation sites is 1. The van der Waals surface area contributed by atoms with Crippen molar-refractivity contribution in [1.29, 1.82) is 0 Å². The summed E-state index contributed by atoms with van der Waals surface area (Å²) in [5, 5.41) is 58.1. The van der Waals surface area contributed by atoms with E-state index in [2.05, 4.69) is 0 Å². The first kappa shape index (κ1) is 23.0. The van der Waals surface area contributed by atoms with E-state index in [1.54, 1.807) is 0 Å². The van der Waals surface area contributed by atoms with Gasteiger partial charge in [0.05, 0.1) is 0 Å². The van der Waals surface area contributed by atoms with E-state index in [1.165, 1.54) is 30.3 Å². The number of aliphatic hydroxyl groups is 3. The minimum atomic E-state index is -1.99. The lowest BCUT2D eigenvalue weighted by Crippen LogP contribution is -2.60. The fraction of sp³-hybridized carbons (Fsp3) is 0.250. The van der Waals surface area contributed by atoms with Crippen LogP contribution in [0.25, 0.3) is 0 Å². The molecule has 3 rings (SSSR count). The van der Waals surface area contributed by atoms with Crippen LogP contribution in [0.15, 0.2) is 42.5 Å². The first-order chi connectivity index (χ1) is 15.1. The monoisotopic (exact) mass is 450 g/mol. The maximum atomic E-state index is 12.6. The molecule has 0 spiro atoms. The smallest absolute Gasteiger partial charge is 0.351 e. The summed E-state index contributed by atoms with van der Waals surface area (Å²) in [6.45, 7) is 0. The number of carboxylic acids is 1. The number of rotatable bonds is 5. The molecule has 2 aromatic rings. The number of phenols is 2. The lowest BCUT2D eigenvalue weighted by atomic mass is 9.99. The highest BCUT2D eigenvalue weighted by Crippen LogP contribution is 2.30. The average Bonchev–Trinajstić information content (AvgIpc) is 2.74. The van der Waals surface area contributed by atoms with Crippen LogP contribution in [0.4, 0.5) is 0 Å². The number of benzene rings is 2. The van der Waals surface area contributed by atoms with E-state index in [0.717, 1.165) is 12.1 Å². The summed E-state index contributed by atoms with van der Waals surface area (Å²) >= 11 is 0. The number of aliphatic carboxylic acids is 1. The van der Waals surface area contributed by atoms with Gasteiger partial charge < -0.3 is 44.8 Å². The molecule has 12 nitrogen and oxygen atoms in total. The van der Waals surface area contributed by atoms with Gasteiger partial charge in [-0.3, -0.25) is 0 Å². The van der Waals surface area contributed by atoms with Crippen molar-refractivity contribution in [3.8, 4) is 17.2 Å². The second kappa shape index (κ2) is 9.20. The number of carbonyl (C=O) groups excluding carboxylic acids is 2. The van der Waals surface area contributed by atoms with Crippen LogP contribution in [-0.4, -0.2) is 79.3 Å². The number of phenolic OH excluding ortho intramolecular Hbond substituents is 2. The van der Waals surface area contributed by atoms with Gasteiger partial charge in [0.15, 0.2) is 6.10 Å². The second-order valence-electron chi connectivity index (χ2n) is 6.70. The Labute approximate surface area is 179 Å². The molecule has 170 valence electrons. The number of ether oxygens (including phenoxy) is 3. The summed E-state index contributed by atoms with van der Waals surface area (Å²) in [5.41, 5.74) is -0.915. The van der Waals surface area contributed by atoms with Crippen LogP contribution < -0.4 is 4.74 Å². The van der Waals surface area contributed by atoms with Crippen molar-refractivity contribution in [2.45, 2.75) is 30.7 Å². The van der Waals surface area contributed by atoms with Crippen LogP contribution in [0.3, 0.4) is 0 Å². The molecule has 6 N–H and O–H groups in total. The first-order valence-electron chi connectivity index (χ1n) is 9.07. The molecule has 1 aliphatic heterocycles. The Hall–Kier alpha value is -3.71. The Morgan fingerprint density at radius 2 is 1.44 bits per heavy atom. The molecular formula is C20H18O12. The van der Waals surface area contributed by atoms with E-state index < -0.39 is 65.7 Å². The third kappa shape index (κ3) is 4.48. The van der Waals surface area contributed by atoms with E-state index >= 15 is 0 Å². The van der Waals surface area contributed by atoms with E-state index in [9.17, 15) is 39.9 Å². The van der Waals surface area contributed by atoms with Crippen molar-refractivity contribution in [2.75, 3.05) is 0 Å². The third-order valence-electron chi connectivity index (χ3n) is 4.57. The van der Waals surface area contributed by atoms with Crippen LogP contribution in [0.2, 0.25) is 0 Å². The van der Waals surface area contributed by atoms with Gasteiger partial charge >= 0.3 is 17.9 Å². The molecule has 0 saturated carbocycles. The average molecular weight is 450 g/mol. The van der Waals surface area contributed by atoms with Gasteiger partial charge in [0, 0.05) is 0 Å². The number of carbonyl (C=O) groups is 3. The van der Waals surface area contributed by atoms with Crippen molar-refractivity contribution in [3.63, 3.8) is 0 Å². The van der Waals surface area contributed by atoms with Crippen molar-refractivity contribution in [1.82, 2.24) is 0 Å². The minimum absolute atomic E-state index is 0.356. The topological polar surface area (TPSA) is 200 Å². The van der Waals surface area contributed by atoms with Gasteiger partial charge in [-0.25, -0.2) is 14.4 Å². The lowest BCUT2D eigenvalue weighted by molar-refractivity contribution is -0.278. The zero-order valence-electron chi connectivity index (χ0n) is 16.1. The zero-order valence-corrected chi connectivity index (χ0v) is 16.1. The fourth-order valence-corrected chi connectivity index (χ4v) is 2.93. The minimum Gasteiger partial charge on any atom is -0.507 e. The van der Waals surface area contributed by atoms with Gasteiger partial charge in [-0.05, 0) is 24.3 Å². The van der Waals surface area contributed by atoms with Gasteiger partial charge in [0.25, 0.3) is 0 Å². The molecule has 12 heteroatoms. The van der Waals surface area contributed by atoms with Crippen LogP contribution >= 0.6 is 0 Å². The number of esters is 2. The molecule has 0 aromatic heterocycles. The molecule has 0 aliphatic carbocycles. The molecule has 1 saturated heterocycles. The Morgan fingerprint density at radius 1 is 0.812 bits per heavy atom. The Kier molecular flexibility index (Phi) is 6.60. The highest BCUT2D eigenvalue weighted by Gasteiger charge is 2.48. The maximum absolute atomic E-state index is 12.6. The van der Waals surface area contributed by atoms with Crippen molar-refractivity contribution in [3.05, 3.63) is 53.6 Å². The molecule has 0 radical (unpaired) electrons. The summed E-state index contributed by atoms with van der Waals surface area (Å²) in [5.74, 6) is -5.58. The largest absolute Gasteiger partial charge is 0.507 e. The summed E-state index contributed by atoms with van der Waals surface area (Å²) < 4.78 is 14.9. The molecule has 1 aliphatic rings. The zero-order chi connectivity index (χ0) is 23.6. The number of aromatic hydroxyl groups is 2. The molecule has 32 heavy (non-hydrogen) atoms. The Morgan fingerprint density at radius 3 is 2.06 bits per heavy atom. The molecule has 0 amide bonds.